The third-order valence-electron chi connectivity index (χ3n) is 4.42. The van der Waals surface area contributed by atoms with Crippen LogP contribution in [0.15, 0.2) is 24.3 Å². The third-order valence-corrected chi connectivity index (χ3v) is 5.12. The van der Waals surface area contributed by atoms with E-state index in [-0.39, 0.29) is 34.2 Å². The van der Waals surface area contributed by atoms with E-state index in [1.54, 1.807) is 11.8 Å². The molecule has 1 aromatic carbocycles. The maximum atomic E-state index is 12.6. The number of rotatable bonds is 4. The summed E-state index contributed by atoms with van der Waals surface area (Å²) >= 11 is 2.04. The van der Waals surface area contributed by atoms with Gasteiger partial charge in [-0.15, -0.1) is 0 Å². The van der Waals surface area contributed by atoms with Crippen LogP contribution in [-0.2, 0) is 9.59 Å². The molecule has 2 amide bonds. The molecule has 0 unspecified atom stereocenters. The molecule has 138 valence electrons. The van der Waals surface area contributed by atoms with Crippen molar-refractivity contribution in [1.29, 1.82) is 0 Å². The summed E-state index contributed by atoms with van der Waals surface area (Å²) in [6.45, 7) is 2.29. The fourth-order valence-corrected chi connectivity index (χ4v) is 3.34. The van der Waals surface area contributed by atoms with Crippen LogP contribution in [0.25, 0.3) is 0 Å². The number of carbonyl (C=O) groups is 2. The monoisotopic (exact) mass is 412 g/mol. The fourth-order valence-electron chi connectivity index (χ4n) is 2.99. The molecule has 25 heavy (non-hydrogen) atoms. The van der Waals surface area contributed by atoms with Crippen LogP contribution in [0.2, 0.25) is 0 Å². The van der Waals surface area contributed by atoms with Gasteiger partial charge in [-0.2, -0.15) is 0 Å². The van der Waals surface area contributed by atoms with E-state index < -0.39 is 0 Å². The van der Waals surface area contributed by atoms with Crippen LogP contribution in [0, 0.1) is 11.8 Å². The molecule has 1 aliphatic rings. The maximum absolute atomic E-state index is 12.6. The molecule has 1 aromatic rings. The van der Waals surface area contributed by atoms with E-state index in [0.29, 0.717) is 5.92 Å². The first kappa shape index (κ1) is 25.8. The van der Waals surface area contributed by atoms with Crippen LogP contribution < -0.4 is 14.6 Å². The zero-order valence-corrected chi connectivity index (χ0v) is 16.7. The Kier molecular flexibility index (Phi) is 12.4. The number of hydrogen-bond donors (Lipinski definition) is 1. The first-order valence-electron chi connectivity index (χ1n) is 7.81. The van der Waals surface area contributed by atoms with Gasteiger partial charge in [0.1, 0.15) is 0 Å². The summed E-state index contributed by atoms with van der Waals surface area (Å²) in [5, 5.41) is 2.88. The molecule has 1 fully saturated rings. The number of anilines is 1. The first-order chi connectivity index (χ1) is 10.5. The van der Waals surface area contributed by atoms with Crippen molar-refractivity contribution in [1.82, 2.24) is 5.32 Å². The van der Waals surface area contributed by atoms with Gasteiger partial charge in [0, 0.05) is 6.92 Å². The molecule has 0 spiro atoms. The topological polar surface area (TPSA) is 139 Å². The van der Waals surface area contributed by atoms with Gasteiger partial charge in [-0.25, -0.2) is 0 Å². The van der Waals surface area contributed by atoms with E-state index in [9.17, 15) is 9.59 Å². The van der Waals surface area contributed by atoms with E-state index in [0.717, 1.165) is 37.9 Å². The molecule has 7 nitrogen and oxygen atoms in total. The molecular weight excluding hydrogens is 385 g/mol. The SMILES string of the molecule is CC(=O)NCC1CCC(C(=O)N(C)c2cc[c]([Ge+3])cc2)CC1.[OH-].[OH-].[OH-]. The van der Waals surface area contributed by atoms with Crippen LogP contribution in [0.4, 0.5) is 5.69 Å². The van der Waals surface area contributed by atoms with Crippen molar-refractivity contribution in [2.75, 3.05) is 18.5 Å². The zero-order valence-electron chi connectivity index (χ0n) is 14.6. The van der Waals surface area contributed by atoms with E-state index >= 15 is 0 Å². The van der Waals surface area contributed by atoms with Gasteiger partial charge in [0.2, 0.25) is 5.91 Å². The predicted octanol–water partition coefficient (Wildman–Crippen LogP) is 0.855. The van der Waals surface area contributed by atoms with Crippen molar-refractivity contribution in [3.05, 3.63) is 24.3 Å². The molecule has 4 N–H and O–H groups in total. The Balaban J connectivity index is 0. The van der Waals surface area contributed by atoms with Gasteiger partial charge in [0.05, 0.1) is 0 Å². The fraction of sp³-hybridized carbons (Fsp3) is 0.529. The molecule has 8 heteroatoms. The molecule has 0 atom stereocenters. The number of carbonyl (C=O) groups excluding carboxylic acids is 2. The van der Waals surface area contributed by atoms with Crippen molar-refractivity contribution in [2.24, 2.45) is 11.8 Å². The van der Waals surface area contributed by atoms with Gasteiger partial charge in [0.15, 0.2) is 0 Å². The van der Waals surface area contributed by atoms with E-state index in [1.807, 2.05) is 47.8 Å². The second-order valence-corrected chi connectivity index (χ2v) is 7.31. The van der Waals surface area contributed by atoms with Gasteiger partial charge >= 0.3 is 123 Å². The van der Waals surface area contributed by atoms with E-state index in [2.05, 4.69) is 5.32 Å². The minimum absolute atomic E-state index is 0. The predicted molar refractivity (Wildman–Crippen MR) is 95.2 cm³/mol. The number of nitrogens with zero attached hydrogens (tertiary/aromatic N) is 1. The molecular formula is C17H26GeN2O5. The Labute approximate surface area is 157 Å². The average Bonchev–Trinajstić information content (AvgIpc) is 2.53. The van der Waals surface area contributed by atoms with Crippen LogP contribution in [0.5, 0.6) is 0 Å². The third kappa shape index (κ3) is 7.56. The summed E-state index contributed by atoms with van der Waals surface area (Å²) in [5.41, 5.74) is 0.955. The largest absolute Gasteiger partial charge is 0.870 e. The second kappa shape index (κ2) is 12.0. The average molecular weight is 411 g/mol. The number of hydrogen-bond acceptors (Lipinski definition) is 5. The van der Waals surface area contributed by atoms with Crippen molar-refractivity contribution in [3.8, 4) is 0 Å². The summed E-state index contributed by atoms with van der Waals surface area (Å²) in [6.07, 6.45) is 3.86. The van der Waals surface area contributed by atoms with Crippen LogP contribution in [0.3, 0.4) is 0 Å². The minimum atomic E-state index is 0. The molecule has 0 heterocycles. The molecule has 1 saturated carbocycles. The van der Waals surface area contributed by atoms with Crippen molar-refractivity contribution >= 4 is 38.4 Å². The molecule has 1 aliphatic carbocycles. The minimum Gasteiger partial charge on any atom is -0.870 e. The number of nitrogens with one attached hydrogen (secondary N) is 1. The second-order valence-electron chi connectivity index (χ2n) is 6.10. The maximum Gasteiger partial charge on any atom is -0.870 e. The molecule has 0 aromatic heterocycles. The Bertz CT molecular complexity index is 530. The Morgan fingerprint density at radius 2 is 1.60 bits per heavy atom. The van der Waals surface area contributed by atoms with Crippen LogP contribution in [0.1, 0.15) is 32.6 Å². The van der Waals surface area contributed by atoms with Gasteiger partial charge in [-0.1, -0.05) is 0 Å². The molecule has 0 saturated heterocycles. The van der Waals surface area contributed by atoms with Gasteiger partial charge < -0.3 is 16.4 Å². The van der Waals surface area contributed by atoms with Gasteiger partial charge in [-0.05, 0) is 0 Å². The Hall–Kier alpha value is -1.42. The Morgan fingerprint density at radius 3 is 2.08 bits per heavy atom. The summed E-state index contributed by atoms with van der Waals surface area (Å²) in [6, 6.07) is 8.05. The van der Waals surface area contributed by atoms with Gasteiger partial charge in [0.25, 0.3) is 0 Å². The summed E-state index contributed by atoms with van der Waals surface area (Å²) in [5.74, 6) is 0.858. The normalized spacial score (nSPS) is 18.7. The van der Waals surface area contributed by atoms with E-state index in [4.69, 9.17) is 0 Å². The quantitative estimate of drug-likeness (QED) is 0.732. The molecule has 0 aliphatic heterocycles. The molecule has 0 radical (unpaired) electrons. The smallest absolute Gasteiger partial charge is 0.870 e. The zero-order chi connectivity index (χ0) is 16.1. The van der Waals surface area contributed by atoms with Crippen molar-refractivity contribution in [2.45, 2.75) is 32.6 Å². The van der Waals surface area contributed by atoms with Crippen LogP contribution >= 0.6 is 0 Å². The summed E-state index contributed by atoms with van der Waals surface area (Å²) in [4.78, 5) is 25.3. The van der Waals surface area contributed by atoms with Crippen molar-refractivity contribution in [3.63, 3.8) is 0 Å². The Morgan fingerprint density at radius 1 is 1.08 bits per heavy atom. The first-order valence-corrected chi connectivity index (χ1v) is 8.86. The van der Waals surface area contributed by atoms with Crippen LogP contribution in [-0.4, -0.2) is 58.3 Å². The molecule has 2 rings (SSSR count). The van der Waals surface area contributed by atoms with Crippen molar-refractivity contribution < 1.29 is 26.0 Å². The number of amides is 2. The number of benzene rings is 1. The molecule has 0 bridgehead atoms. The standard InChI is InChI=1S/C17H23GeN2O2.3H2O/c1-12(21)19-11-13-3-5-14(6-4-13)17(22)20(2)16-9-7-15(18)8-10-16;;;/h7-10,13-14H,3-6,11H2,1-2H3,(H,19,21);3*1H2/q+3;;;/p-3. The van der Waals surface area contributed by atoms with E-state index in [1.165, 1.54) is 4.40 Å². The summed E-state index contributed by atoms with van der Waals surface area (Å²) < 4.78 is 1.20. The summed E-state index contributed by atoms with van der Waals surface area (Å²) in [7, 11) is 1.86. The van der Waals surface area contributed by atoms with Gasteiger partial charge in [-0.3, -0.25) is 4.79 Å².